The van der Waals surface area contributed by atoms with Gasteiger partial charge in [0.15, 0.2) is 0 Å². The van der Waals surface area contributed by atoms with E-state index in [2.05, 4.69) is 22.0 Å². The molecule has 0 aliphatic rings. The highest BCUT2D eigenvalue weighted by atomic mass is 79.9. The molecule has 14 heavy (non-hydrogen) atoms. The molecule has 0 radical (unpaired) electrons. The van der Waals surface area contributed by atoms with Gasteiger partial charge in [0.05, 0.1) is 12.5 Å². The predicted molar refractivity (Wildman–Crippen MR) is 63.3 cm³/mol. The SMILES string of the molecule is N#CCc1c(N)cc(Br)c2ccsc12. The van der Waals surface area contributed by atoms with Crippen molar-refractivity contribution in [2.24, 2.45) is 0 Å². The van der Waals surface area contributed by atoms with Gasteiger partial charge in [0, 0.05) is 25.8 Å². The molecule has 1 aromatic carbocycles. The zero-order valence-corrected chi connectivity index (χ0v) is 9.65. The average Bonchev–Trinajstić information content (AvgIpc) is 2.60. The molecule has 2 nitrogen and oxygen atoms in total. The van der Waals surface area contributed by atoms with Crippen LogP contribution >= 0.6 is 27.3 Å². The van der Waals surface area contributed by atoms with Crippen molar-refractivity contribution in [2.45, 2.75) is 6.42 Å². The van der Waals surface area contributed by atoms with Crippen molar-refractivity contribution in [2.75, 3.05) is 5.73 Å². The van der Waals surface area contributed by atoms with Gasteiger partial charge in [0.2, 0.25) is 0 Å². The van der Waals surface area contributed by atoms with E-state index in [9.17, 15) is 0 Å². The quantitative estimate of drug-likeness (QED) is 0.806. The second kappa shape index (κ2) is 3.60. The normalized spacial score (nSPS) is 10.3. The lowest BCUT2D eigenvalue weighted by atomic mass is 10.1. The molecule has 2 aromatic rings. The number of nitrogens with zero attached hydrogens (tertiary/aromatic N) is 1. The first-order chi connectivity index (χ1) is 6.74. The van der Waals surface area contributed by atoms with Gasteiger partial charge in [-0.3, -0.25) is 0 Å². The second-order valence-electron chi connectivity index (χ2n) is 2.92. The van der Waals surface area contributed by atoms with E-state index < -0.39 is 0 Å². The molecule has 0 atom stereocenters. The summed E-state index contributed by atoms with van der Waals surface area (Å²) in [5, 5.41) is 11.8. The van der Waals surface area contributed by atoms with E-state index in [-0.39, 0.29) is 0 Å². The maximum absolute atomic E-state index is 8.70. The summed E-state index contributed by atoms with van der Waals surface area (Å²) < 4.78 is 2.10. The predicted octanol–water partition coefficient (Wildman–Crippen LogP) is 3.31. The van der Waals surface area contributed by atoms with E-state index in [1.165, 1.54) is 0 Å². The lowest BCUT2D eigenvalue weighted by molar-refractivity contribution is 1.29. The van der Waals surface area contributed by atoms with Gasteiger partial charge in [-0.15, -0.1) is 11.3 Å². The van der Waals surface area contributed by atoms with Gasteiger partial charge in [0.25, 0.3) is 0 Å². The van der Waals surface area contributed by atoms with Crippen molar-refractivity contribution >= 4 is 43.0 Å². The van der Waals surface area contributed by atoms with Crippen LogP contribution in [-0.4, -0.2) is 0 Å². The largest absolute Gasteiger partial charge is 0.398 e. The topological polar surface area (TPSA) is 49.8 Å². The Morgan fingerprint density at radius 1 is 1.57 bits per heavy atom. The van der Waals surface area contributed by atoms with Gasteiger partial charge >= 0.3 is 0 Å². The Hall–Kier alpha value is -1.05. The summed E-state index contributed by atoms with van der Waals surface area (Å²) in [6.07, 6.45) is 0.371. The first kappa shape index (κ1) is 9.50. The van der Waals surface area contributed by atoms with E-state index in [1.54, 1.807) is 11.3 Å². The summed E-state index contributed by atoms with van der Waals surface area (Å²) in [5.74, 6) is 0. The minimum atomic E-state index is 0.371. The third kappa shape index (κ3) is 1.39. The highest BCUT2D eigenvalue weighted by Gasteiger charge is 2.09. The summed E-state index contributed by atoms with van der Waals surface area (Å²) in [5.41, 5.74) is 7.49. The van der Waals surface area contributed by atoms with Crippen molar-refractivity contribution in [3.63, 3.8) is 0 Å². The van der Waals surface area contributed by atoms with Crippen LogP contribution in [-0.2, 0) is 6.42 Å². The lowest BCUT2D eigenvalue weighted by Gasteiger charge is -2.04. The first-order valence-corrected chi connectivity index (χ1v) is 5.72. The highest BCUT2D eigenvalue weighted by molar-refractivity contribution is 9.10. The molecule has 0 fully saturated rings. The number of halogens is 1. The maximum Gasteiger partial charge on any atom is 0.0671 e. The third-order valence-electron chi connectivity index (χ3n) is 2.08. The molecule has 0 unspecified atom stereocenters. The van der Waals surface area contributed by atoms with Crippen LogP contribution < -0.4 is 5.73 Å². The van der Waals surface area contributed by atoms with Crippen LogP contribution in [0.15, 0.2) is 22.0 Å². The summed E-state index contributed by atoms with van der Waals surface area (Å²) >= 11 is 5.08. The van der Waals surface area contributed by atoms with Crippen molar-refractivity contribution in [1.29, 1.82) is 5.26 Å². The number of nitrogens with two attached hydrogens (primary N) is 1. The Kier molecular flexibility index (Phi) is 2.44. The fraction of sp³-hybridized carbons (Fsp3) is 0.100. The Labute approximate surface area is 94.1 Å². The van der Waals surface area contributed by atoms with Crippen LogP contribution in [0.2, 0.25) is 0 Å². The number of rotatable bonds is 1. The van der Waals surface area contributed by atoms with E-state index in [0.717, 1.165) is 20.1 Å². The molecule has 0 bridgehead atoms. The number of nitrogen functional groups attached to an aromatic ring is 1. The third-order valence-corrected chi connectivity index (χ3v) is 3.71. The van der Waals surface area contributed by atoms with Crippen molar-refractivity contribution in [1.82, 2.24) is 0 Å². The van der Waals surface area contributed by atoms with Crippen LogP contribution in [0.25, 0.3) is 10.1 Å². The first-order valence-electron chi connectivity index (χ1n) is 4.05. The van der Waals surface area contributed by atoms with Crippen molar-refractivity contribution in [3.05, 3.63) is 27.5 Å². The van der Waals surface area contributed by atoms with E-state index in [1.807, 2.05) is 17.5 Å². The number of nitriles is 1. The van der Waals surface area contributed by atoms with Crippen LogP contribution in [0.1, 0.15) is 5.56 Å². The number of hydrogen-bond acceptors (Lipinski definition) is 3. The van der Waals surface area contributed by atoms with E-state index in [4.69, 9.17) is 11.0 Å². The lowest BCUT2D eigenvalue weighted by Crippen LogP contribution is -1.93. The highest BCUT2D eigenvalue weighted by Crippen LogP contribution is 2.35. The van der Waals surface area contributed by atoms with E-state index in [0.29, 0.717) is 12.1 Å². The zero-order valence-electron chi connectivity index (χ0n) is 7.25. The number of hydrogen-bond donors (Lipinski definition) is 1. The minimum Gasteiger partial charge on any atom is -0.398 e. The molecule has 0 amide bonds. The van der Waals surface area contributed by atoms with Crippen molar-refractivity contribution < 1.29 is 0 Å². The molecule has 2 rings (SSSR count). The fourth-order valence-electron chi connectivity index (χ4n) is 1.42. The van der Waals surface area contributed by atoms with Crippen LogP contribution in [0.3, 0.4) is 0 Å². The number of fused-ring (bicyclic) bond motifs is 1. The number of benzene rings is 1. The number of thiophene rings is 1. The Balaban J connectivity index is 2.81. The van der Waals surface area contributed by atoms with Gasteiger partial charge in [-0.1, -0.05) is 15.9 Å². The Morgan fingerprint density at radius 2 is 2.36 bits per heavy atom. The molecule has 4 heteroatoms. The van der Waals surface area contributed by atoms with Crippen LogP contribution in [0.4, 0.5) is 5.69 Å². The molecule has 70 valence electrons. The molecule has 0 saturated carbocycles. The zero-order chi connectivity index (χ0) is 10.1. The molecule has 0 saturated heterocycles. The van der Waals surface area contributed by atoms with Gasteiger partial charge in [-0.05, 0) is 17.5 Å². The van der Waals surface area contributed by atoms with Gasteiger partial charge < -0.3 is 5.73 Å². The molecule has 0 aliphatic carbocycles. The van der Waals surface area contributed by atoms with Crippen molar-refractivity contribution in [3.8, 4) is 6.07 Å². The standard InChI is InChI=1S/C10H7BrN2S/c11-8-5-9(13)7(1-3-12)10-6(8)2-4-14-10/h2,4-5H,1,13H2. The Morgan fingerprint density at radius 3 is 3.07 bits per heavy atom. The van der Waals surface area contributed by atoms with E-state index >= 15 is 0 Å². The molecule has 0 aliphatic heterocycles. The summed E-state index contributed by atoms with van der Waals surface area (Å²) in [7, 11) is 0. The molecule has 1 heterocycles. The fourth-order valence-corrected chi connectivity index (χ4v) is 3.11. The van der Waals surface area contributed by atoms with Crippen LogP contribution in [0, 0.1) is 11.3 Å². The average molecular weight is 267 g/mol. The molecule has 2 N–H and O–H groups in total. The molecule has 0 spiro atoms. The summed E-state index contributed by atoms with van der Waals surface area (Å²) in [6.45, 7) is 0. The summed E-state index contributed by atoms with van der Waals surface area (Å²) in [6, 6.07) is 6.03. The van der Waals surface area contributed by atoms with Gasteiger partial charge in [0.1, 0.15) is 0 Å². The van der Waals surface area contributed by atoms with Gasteiger partial charge in [-0.25, -0.2) is 0 Å². The molecule has 1 aromatic heterocycles. The summed E-state index contributed by atoms with van der Waals surface area (Å²) in [4.78, 5) is 0. The maximum atomic E-state index is 8.70. The van der Waals surface area contributed by atoms with Crippen LogP contribution in [0.5, 0.6) is 0 Å². The monoisotopic (exact) mass is 266 g/mol. The Bertz CT molecular complexity index is 525. The molecular weight excluding hydrogens is 260 g/mol. The molecular formula is C10H7BrN2S. The minimum absolute atomic E-state index is 0.371. The van der Waals surface area contributed by atoms with Gasteiger partial charge in [-0.2, -0.15) is 5.26 Å². The smallest absolute Gasteiger partial charge is 0.0671 e. The number of anilines is 1. The second-order valence-corrected chi connectivity index (χ2v) is 4.69.